The van der Waals surface area contributed by atoms with Crippen LogP contribution in [0.1, 0.15) is 35.0 Å². The van der Waals surface area contributed by atoms with Crippen LogP contribution in [0, 0.1) is 6.92 Å². The van der Waals surface area contributed by atoms with Crippen molar-refractivity contribution in [1.29, 1.82) is 0 Å². The zero-order valence-corrected chi connectivity index (χ0v) is 11.3. The zero-order chi connectivity index (χ0) is 13.5. The lowest BCUT2D eigenvalue weighted by Gasteiger charge is -2.05. The first-order chi connectivity index (χ1) is 8.58. The van der Waals surface area contributed by atoms with Crippen LogP contribution in [0.3, 0.4) is 0 Å². The fraction of sp³-hybridized carbons (Fsp3) is 0.500. The molecule has 1 amide bonds. The minimum atomic E-state index is -0.431. The fourth-order valence-corrected chi connectivity index (χ4v) is 2.31. The predicted octanol–water partition coefficient (Wildman–Crippen LogP) is 1.94. The van der Waals surface area contributed by atoms with Crippen molar-refractivity contribution in [2.45, 2.75) is 26.7 Å². The first-order valence-corrected chi connectivity index (χ1v) is 6.58. The molecule has 0 aromatic carbocycles. The van der Waals surface area contributed by atoms with Gasteiger partial charge in [0.25, 0.3) is 0 Å². The lowest BCUT2D eigenvalue weighted by atomic mass is 10.2. The normalized spacial score (nSPS) is 10.2. The third-order valence-corrected chi connectivity index (χ3v) is 3.13. The minimum absolute atomic E-state index is 0.0262. The monoisotopic (exact) mass is 271 g/mol. The van der Waals surface area contributed by atoms with Gasteiger partial charge in [-0.2, -0.15) is 0 Å². The smallest absolute Gasteiger partial charge is 0.341 e. The van der Waals surface area contributed by atoms with Crippen LogP contribution in [-0.4, -0.2) is 30.2 Å². The summed E-state index contributed by atoms with van der Waals surface area (Å²) in [6.07, 6.45) is 0.640. The number of anilines is 1. The number of aliphatic hydroxyl groups is 1. The van der Waals surface area contributed by atoms with Crippen molar-refractivity contribution >= 4 is 28.2 Å². The molecule has 1 rings (SSSR count). The number of thiophene rings is 1. The summed E-state index contributed by atoms with van der Waals surface area (Å²) < 4.78 is 4.92. The van der Waals surface area contributed by atoms with Crippen LogP contribution in [0.4, 0.5) is 5.00 Å². The highest BCUT2D eigenvalue weighted by molar-refractivity contribution is 7.16. The van der Waals surface area contributed by atoms with Crippen LogP contribution < -0.4 is 5.32 Å². The summed E-state index contributed by atoms with van der Waals surface area (Å²) in [5.74, 6) is -0.643. The number of hydrogen-bond donors (Lipinski definition) is 2. The van der Waals surface area contributed by atoms with E-state index >= 15 is 0 Å². The molecule has 0 bridgehead atoms. The molecular formula is C12H17NO4S. The van der Waals surface area contributed by atoms with Crippen molar-refractivity contribution in [3.8, 4) is 0 Å². The zero-order valence-electron chi connectivity index (χ0n) is 10.5. The molecule has 18 heavy (non-hydrogen) atoms. The molecule has 6 heteroatoms. The second-order valence-corrected chi connectivity index (χ2v) is 4.95. The molecule has 0 aliphatic carbocycles. The topological polar surface area (TPSA) is 75.6 Å². The van der Waals surface area contributed by atoms with E-state index in [2.05, 4.69) is 5.32 Å². The maximum atomic E-state index is 11.7. The van der Waals surface area contributed by atoms with Gasteiger partial charge in [0.1, 0.15) is 5.00 Å². The largest absolute Gasteiger partial charge is 0.462 e. The molecule has 5 nitrogen and oxygen atoms in total. The average Bonchev–Trinajstić information content (AvgIpc) is 2.68. The van der Waals surface area contributed by atoms with Gasteiger partial charge in [-0.05, 0) is 26.3 Å². The Hall–Kier alpha value is -1.40. The summed E-state index contributed by atoms with van der Waals surface area (Å²) in [4.78, 5) is 24.1. The van der Waals surface area contributed by atoms with Crippen molar-refractivity contribution < 1.29 is 19.4 Å². The summed E-state index contributed by atoms with van der Waals surface area (Å²) >= 11 is 1.34. The van der Waals surface area contributed by atoms with E-state index < -0.39 is 5.97 Å². The Bertz CT molecular complexity index is 428. The Kier molecular flexibility index (Phi) is 5.80. The van der Waals surface area contributed by atoms with Crippen LogP contribution in [-0.2, 0) is 9.53 Å². The molecule has 100 valence electrons. The Morgan fingerprint density at radius 3 is 2.83 bits per heavy atom. The molecule has 0 aliphatic rings. The summed E-state index contributed by atoms with van der Waals surface area (Å²) in [5, 5.41) is 11.8. The van der Waals surface area contributed by atoms with Crippen molar-refractivity contribution in [3.63, 3.8) is 0 Å². The number of hydrogen-bond acceptors (Lipinski definition) is 5. The van der Waals surface area contributed by atoms with E-state index in [4.69, 9.17) is 9.84 Å². The van der Waals surface area contributed by atoms with Gasteiger partial charge < -0.3 is 15.2 Å². The summed E-state index contributed by atoms with van der Waals surface area (Å²) in [5.41, 5.74) is 0.386. The number of esters is 1. The van der Waals surface area contributed by atoms with E-state index in [0.29, 0.717) is 23.6 Å². The van der Waals surface area contributed by atoms with Gasteiger partial charge in [0.05, 0.1) is 12.2 Å². The Labute approximate surface area is 110 Å². The van der Waals surface area contributed by atoms with Crippen molar-refractivity contribution in [1.82, 2.24) is 0 Å². The fourth-order valence-electron chi connectivity index (χ4n) is 1.40. The maximum absolute atomic E-state index is 11.7. The molecular weight excluding hydrogens is 254 g/mol. The highest BCUT2D eigenvalue weighted by atomic mass is 32.1. The molecule has 0 radical (unpaired) electrons. The van der Waals surface area contributed by atoms with Gasteiger partial charge in [0.15, 0.2) is 0 Å². The van der Waals surface area contributed by atoms with Gasteiger partial charge in [-0.15, -0.1) is 11.3 Å². The number of ether oxygens (including phenoxy) is 1. The molecule has 0 aliphatic heterocycles. The van der Waals surface area contributed by atoms with Crippen molar-refractivity contribution in [2.24, 2.45) is 0 Å². The Balaban J connectivity index is 2.75. The van der Waals surface area contributed by atoms with Crippen LogP contribution in [0.2, 0.25) is 0 Å². The number of aliphatic hydroxyl groups excluding tert-OH is 1. The average molecular weight is 271 g/mol. The van der Waals surface area contributed by atoms with Gasteiger partial charge >= 0.3 is 5.97 Å². The van der Waals surface area contributed by atoms with E-state index in [1.807, 2.05) is 6.92 Å². The predicted molar refractivity (Wildman–Crippen MR) is 70.0 cm³/mol. The number of amides is 1. The number of carbonyl (C=O) groups is 2. The molecule has 1 aromatic heterocycles. The van der Waals surface area contributed by atoms with Gasteiger partial charge in [0.2, 0.25) is 5.91 Å². The second-order valence-electron chi connectivity index (χ2n) is 3.70. The van der Waals surface area contributed by atoms with E-state index in [-0.39, 0.29) is 18.9 Å². The number of carbonyl (C=O) groups excluding carboxylic acids is 2. The molecule has 0 atom stereocenters. The number of nitrogens with one attached hydrogen (secondary N) is 1. The molecule has 2 N–H and O–H groups in total. The summed E-state index contributed by atoms with van der Waals surface area (Å²) in [6, 6.07) is 1.70. The van der Waals surface area contributed by atoms with Gasteiger partial charge in [0, 0.05) is 17.9 Å². The first kappa shape index (κ1) is 14.7. The molecule has 0 fully saturated rings. The SMILES string of the molecule is CCOC(=O)c1cc(C)sc1NC(=O)CCCO. The van der Waals surface area contributed by atoms with Crippen LogP contribution in [0.5, 0.6) is 0 Å². The van der Waals surface area contributed by atoms with E-state index in [1.54, 1.807) is 13.0 Å². The number of aryl methyl sites for hydroxylation is 1. The standard InChI is InChI=1S/C12H17NO4S/c1-3-17-12(16)9-7-8(2)18-11(9)13-10(15)5-4-6-14/h7,14H,3-6H2,1-2H3,(H,13,15). The highest BCUT2D eigenvalue weighted by Gasteiger charge is 2.17. The highest BCUT2D eigenvalue weighted by Crippen LogP contribution is 2.28. The molecule has 0 spiro atoms. The quantitative estimate of drug-likeness (QED) is 0.775. The first-order valence-electron chi connectivity index (χ1n) is 5.76. The Morgan fingerprint density at radius 1 is 1.50 bits per heavy atom. The molecule has 0 saturated carbocycles. The van der Waals surface area contributed by atoms with E-state index in [9.17, 15) is 9.59 Å². The lowest BCUT2D eigenvalue weighted by Crippen LogP contribution is -2.14. The third kappa shape index (κ3) is 4.12. The minimum Gasteiger partial charge on any atom is -0.462 e. The van der Waals surface area contributed by atoms with E-state index in [0.717, 1.165) is 4.88 Å². The van der Waals surface area contributed by atoms with E-state index in [1.165, 1.54) is 11.3 Å². The van der Waals surface area contributed by atoms with Crippen LogP contribution in [0.25, 0.3) is 0 Å². The maximum Gasteiger partial charge on any atom is 0.341 e. The van der Waals surface area contributed by atoms with Crippen LogP contribution >= 0.6 is 11.3 Å². The molecule has 1 aromatic rings. The summed E-state index contributed by atoms with van der Waals surface area (Å²) in [7, 11) is 0. The van der Waals surface area contributed by atoms with Gasteiger partial charge in [-0.25, -0.2) is 4.79 Å². The lowest BCUT2D eigenvalue weighted by molar-refractivity contribution is -0.116. The van der Waals surface area contributed by atoms with Crippen molar-refractivity contribution in [3.05, 3.63) is 16.5 Å². The van der Waals surface area contributed by atoms with Crippen molar-refractivity contribution in [2.75, 3.05) is 18.5 Å². The van der Waals surface area contributed by atoms with Gasteiger partial charge in [-0.1, -0.05) is 0 Å². The van der Waals surface area contributed by atoms with Gasteiger partial charge in [-0.3, -0.25) is 4.79 Å². The Morgan fingerprint density at radius 2 is 2.22 bits per heavy atom. The molecule has 0 saturated heterocycles. The second kappa shape index (κ2) is 7.13. The molecule has 1 heterocycles. The summed E-state index contributed by atoms with van der Waals surface area (Å²) in [6.45, 7) is 3.86. The third-order valence-electron chi connectivity index (χ3n) is 2.17. The van der Waals surface area contributed by atoms with Crippen LogP contribution in [0.15, 0.2) is 6.07 Å². The molecule has 0 unspecified atom stereocenters. The number of rotatable bonds is 6.